The standard InChI is InChI=1S/C45H44BrClN2Si.C26H30BrClN2.C19H16Br2Si/c1-44(2,3)31-19-23-34(24-20-31)48-36-13-11-17-39(29-36)50(7,38-15-9-8-10-16-38)40-18-12-14-37(30-40)49(42-28-33(47)27-41(48)43(42)46)35-25-21-32(22-26-35)45(4,5)6;1-25(2,3)17-7-11-20(12-8-17)29-22-15-19(28)16-23(24(22)27)30-21-13-9-18(10-14-21)26(4,5)6;1-22(17-9-3-2-4-10-17,18-11-5-7-15(20)13-18)19-12-6-8-16(21)14-19/h8-30H,1-7H3;7-16,29-30H,1-6H3;2-14H,1H3. The van der Waals surface area contributed by atoms with E-state index in [-0.39, 0.29) is 21.7 Å². The highest BCUT2D eigenvalue weighted by Gasteiger charge is 2.38. The van der Waals surface area contributed by atoms with E-state index in [9.17, 15) is 0 Å². The molecule has 0 fully saturated rings. The second-order valence-electron chi connectivity index (χ2n) is 30.8. The molecule has 0 aromatic heterocycles. The number of rotatable bonds is 10. The largest absolute Gasteiger partial charge is 0.354 e. The van der Waals surface area contributed by atoms with Crippen molar-refractivity contribution in [3.05, 3.63) is 329 Å². The molecule has 12 heteroatoms. The zero-order chi connectivity index (χ0) is 73.1. The zero-order valence-corrected chi connectivity index (χ0v) is 70.6. The third-order valence-corrected chi connectivity index (χ3v) is 31.4. The van der Waals surface area contributed by atoms with Crippen LogP contribution in [0.25, 0.3) is 0 Å². The molecule has 0 atom stereocenters. The maximum Gasteiger partial charge on any atom is 0.145 e. The number of fused-ring (bicyclic) bond motifs is 6. The Hall–Kier alpha value is -7.23. The lowest BCUT2D eigenvalue weighted by Crippen LogP contribution is -2.64. The average Bonchev–Trinajstić information content (AvgIpc) is 0.740. The van der Waals surface area contributed by atoms with E-state index in [1.165, 1.54) is 53.4 Å². The molecule has 1 aliphatic rings. The number of halogens is 6. The Balaban J connectivity index is 0.000000170. The van der Waals surface area contributed by atoms with Crippen molar-refractivity contribution in [2.24, 2.45) is 0 Å². The van der Waals surface area contributed by atoms with Crippen molar-refractivity contribution >= 4 is 191 Å². The van der Waals surface area contributed by atoms with Crippen molar-refractivity contribution in [3.8, 4) is 0 Å². The molecular formula is C90H90Br4Cl2N4Si2. The molecule has 0 unspecified atom stereocenters. The van der Waals surface area contributed by atoms with Gasteiger partial charge in [-0.1, -0.05) is 309 Å². The topological polar surface area (TPSA) is 30.5 Å². The summed E-state index contributed by atoms with van der Waals surface area (Å²) in [4.78, 5) is 4.71. The normalized spacial score (nSPS) is 12.9. The molecule has 1 heterocycles. The number of nitrogens with zero attached hydrogens (tertiary/aromatic N) is 2. The lowest BCUT2D eigenvalue weighted by molar-refractivity contribution is 0.590. The van der Waals surface area contributed by atoms with E-state index < -0.39 is 16.1 Å². The molecule has 1 aliphatic heterocycles. The first-order chi connectivity index (χ1) is 48.3. The monoisotopic (exact) mass is 1670 g/mol. The van der Waals surface area contributed by atoms with Gasteiger partial charge in [-0.3, -0.25) is 0 Å². The van der Waals surface area contributed by atoms with Crippen LogP contribution in [-0.2, 0) is 21.7 Å². The molecule has 6 bridgehead atoms. The lowest BCUT2D eigenvalue weighted by atomic mass is 9.87. The van der Waals surface area contributed by atoms with Gasteiger partial charge in [0, 0.05) is 53.1 Å². The summed E-state index contributed by atoms with van der Waals surface area (Å²) in [5.41, 5.74) is 15.7. The summed E-state index contributed by atoms with van der Waals surface area (Å²) in [6, 6.07) is 101. The van der Waals surface area contributed by atoms with Crippen LogP contribution in [0.4, 0.5) is 56.9 Å². The number of hydrogen-bond donors (Lipinski definition) is 2. The predicted octanol–water partition coefficient (Wildman–Crippen LogP) is 25.5. The highest BCUT2D eigenvalue weighted by Crippen LogP contribution is 2.49. The molecule has 0 radical (unpaired) electrons. The summed E-state index contributed by atoms with van der Waals surface area (Å²) >= 11 is 28.7. The zero-order valence-electron chi connectivity index (χ0n) is 60.7. The SMILES string of the molecule is CC(C)(C)c1ccc(N2c3cccc(c3)[Si](C)(c3ccccc3)c3cccc(c3)N(c3ccc(C(C)(C)C)cc3)c3cc(Cl)cc2c3Br)cc1.CC(C)(C)c1ccc(Nc2cc(Cl)cc(Nc3ccc(C(C)(C)C)cc3)c2Br)cc1.C[Si](c1ccccc1)(c1cccc(Br)c1)c1cccc(Br)c1. The quantitative estimate of drug-likeness (QED) is 0.106. The lowest BCUT2D eigenvalue weighted by Gasteiger charge is -2.36. The molecule has 0 amide bonds. The Morgan fingerprint density at radius 2 is 0.647 bits per heavy atom. The maximum atomic E-state index is 7.13. The van der Waals surface area contributed by atoms with Gasteiger partial charge in [0.2, 0.25) is 0 Å². The number of anilines is 10. The van der Waals surface area contributed by atoms with E-state index in [1.807, 2.05) is 12.1 Å². The van der Waals surface area contributed by atoms with Crippen LogP contribution < -0.4 is 51.6 Å². The fourth-order valence-corrected chi connectivity index (χ4v) is 23.1. The van der Waals surface area contributed by atoms with Gasteiger partial charge >= 0.3 is 0 Å². The number of nitrogens with one attached hydrogen (secondary N) is 2. The number of benzene rings is 12. The fourth-order valence-electron chi connectivity index (χ4n) is 13.2. The van der Waals surface area contributed by atoms with E-state index in [2.05, 4.69) is 447 Å². The van der Waals surface area contributed by atoms with Crippen LogP contribution in [-0.4, -0.2) is 16.1 Å². The minimum Gasteiger partial charge on any atom is -0.354 e. The van der Waals surface area contributed by atoms with Crippen molar-refractivity contribution in [2.45, 2.75) is 118 Å². The summed E-state index contributed by atoms with van der Waals surface area (Å²) in [6.45, 7) is 31.8. The van der Waals surface area contributed by atoms with Crippen LogP contribution >= 0.6 is 86.9 Å². The van der Waals surface area contributed by atoms with E-state index in [0.29, 0.717) is 10.0 Å². The highest BCUT2D eigenvalue weighted by atomic mass is 79.9. The summed E-state index contributed by atoms with van der Waals surface area (Å²) in [6.07, 6.45) is 0. The predicted molar refractivity (Wildman–Crippen MR) is 464 cm³/mol. The second-order valence-corrected chi connectivity index (χ2v) is 43.1. The van der Waals surface area contributed by atoms with Gasteiger partial charge in [0.15, 0.2) is 0 Å². The molecule has 520 valence electrons. The van der Waals surface area contributed by atoms with Crippen molar-refractivity contribution < 1.29 is 0 Å². The van der Waals surface area contributed by atoms with Gasteiger partial charge in [-0.2, -0.15) is 0 Å². The maximum absolute atomic E-state index is 7.13. The molecule has 0 saturated carbocycles. The Morgan fingerprint density at radius 1 is 0.324 bits per heavy atom. The fraction of sp³-hybridized carbons (Fsp3) is 0.200. The summed E-state index contributed by atoms with van der Waals surface area (Å²) in [7, 11) is -4.50. The smallest absolute Gasteiger partial charge is 0.145 e. The van der Waals surface area contributed by atoms with Crippen molar-refractivity contribution in [1.82, 2.24) is 0 Å². The van der Waals surface area contributed by atoms with Crippen molar-refractivity contribution in [1.29, 1.82) is 0 Å². The Labute approximate surface area is 652 Å². The Bertz CT molecular complexity index is 4630. The minimum absolute atomic E-state index is 0.0446. The number of hydrogen-bond acceptors (Lipinski definition) is 4. The molecule has 12 aromatic carbocycles. The summed E-state index contributed by atoms with van der Waals surface area (Å²) in [5, 5.41) is 16.6. The Kier molecular flexibility index (Phi) is 23.2. The molecular weight excluding hydrogens is 1580 g/mol. The van der Waals surface area contributed by atoms with Crippen LogP contribution in [0.15, 0.2) is 297 Å². The van der Waals surface area contributed by atoms with Crippen LogP contribution in [0.2, 0.25) is 23.1 Å². The molecule has 0 saturated heterocycles. The van der Waals surface area contributed by atoms with Crippen LogP contribution in [0.5, 0.6) is 0 Å². The first-order valence-corrected chi connectivity index (χ1v) is 43.6. The molecule has 102 heavy (non-hydrogen) atoms. The molecule has 13 rings (SSSR count). The molecule has 0 aliphatic carbocycles. The van der Waals surface area contributed by atoms with Crippen LogP contribution in [0.3, 0.4) is 0 Å². The first-order valence-electron chi connectivity index (χ1n) is 34.7. The average molecular weight is 1670 g/mol. The molecule has 2 N–H and O–H groups in total. The summed E-state index contributed by atoms with van der Waals surface area (Å²) in [5.74, 6) is 0. The third-order valence-electron chi connectivity index (χ3n) is 19.4. The van der Waals surface area contributed by atoms with Crippen molar-refractivity contribution in [2.75, 3.05) is 20.4 Å². The van der Waals surface area contributed by atoms with E-state index in [4.69, 9.17) is 23.2 Å². The van der Waals surface area contributed by atoms with Gasteiger partial charge in [0.1, 0.15) is 16.1 Å². The van der Waals surface area contributed by atoms with Gasteiger partial charge in [0.05, 0.1) is 31.7 Å². The van der Waals surface area contributed by atoms with Crippen LogP contribution in [0.1, 0.15) is 105 Å². The van der Waals surface area contributed by atoms with E-state index in [0.717, 1.165) is 74.8 Å². The third kappa shape index (κ3) is 17.3. The summed E-state index contributed by atoms with van der Waals surface area (Å²) < 4.78 is 4.16. The van der Waals surface area contributed by atoms with Gasteiger partial charge in [0.25, 0.3) is 0 Å². The van der Waals surface area contributed by atoms with Crippen molar-refractivity contribution in [3.63, 3.8) is 0 Å². The Morgan fingerprint density at radius 3 is 1.01 bits per heavy atom. The first kappa shape index (κ1) is 75.9. The van der Waals surface area contributed by atoms with E-state index >= 15 is 0 Å². The molecule has 0 spiro atoms. The van der Waals surface area contributed by atoms with Crippen LogP contribution in [0, 0.1) is 0 Å². The van der Waals surface area contributed by atoms with E-state index in [1.54, 1.807) is 0 Å². The highest BCUT2D eigenvalue weighted by molar-refractivity contribution is 9.11. The van der Waals surface area contributed by atoms with Gasteiger partial charge in [-0.25, -0.2) is 0 Å². The second kappa shape index (κ2) is 31.2. The van der Waals surface area contributed by atoms with Gasteiger partial charge in [-0.15, -0.1) is 0 Å². The molecule has 12 aromatic rings. The van der Waals surface area contributed by atoms with Gasteiger partial charge in [-0.05, 0) is 228 Å². The minimum atomic E-state index is -2.50. The van der Waals surface area contributed by atoms with Gasteiger partial charge < -0.3 is 20.4 Å². The molecule has 4 nitrogen and oxygen atoms in total.